The van der Waals surface area contributed by atoms with Gasteiger partial charge in [-0.05, 0) is 0 Å². The second-order valence-electron chi connectivity index (χ2n) is 3.27. The maximum absolute atomic E-state index is 11.6. The third kappa shape index (κ3) is 4.92. The lowest BCUT2D eigenvalue weighted by Crippen LogP contribution is -2.55. The van der Waals surface area contributed by atoms with Crippen molar-refractivity contribution in [2.75, 3.05) is 0 Å². The van der Waals surface area contributed by atoms with Crippen LogP contribution >= 0.6 is 0 Å². The van der Waals surface area contributed by atoms with E-state index in [2.05, 4.69) is 0 Å². The minimum Gasteiger partial charge on any atom is -0.254 e. The van der Waals surface area contributed by atoms with Gasteiger partial charge in [-0.15, -0.1) is 0 Å². The van der Waals surface area contributed by atoms with Crippen LogP contribution in [-0.2, 0) is 9.59 Å². The molecule has 0 saturated carbocycles. The fourth-order valence-corrected chi connectivity index (χ4v) is 0.413. The van der Waals surface area contributed by atoms with E-state index in [9.17, 15) is 61.5 Å². The number of alkyl halides is 12. The highest BCUT2D eigenvalue weighted by Crippen LogP contribution is 2.46. The van der Waals surface area contributed by atoms with Gasteiger partial charge in [0.15, 0.2) is 0 Å². The molecule has 0 heterocycles. The molecule has 0 unspecified atom stereocenters. The molecule has 0 fully saturated rings. The SMILES string of the molecule is O=C(F)C(F)(F)C(F)(F)C(F)(F)F.O=C(F)C(F)(F)C(F)(F)F. The highest BCUT2D eigenvalue weighted by Gasteiger charge is 2.76. The summed E-state index contributed by atoms with van der Waals surface area (Å²) in [6.07, 6.45) is -12.8. The minimum atomic E-state index is -6.70. The van der Waals surface area contributed by atoms with Gasteiger partial charge in [0.25, 0.3) is 0 Å². The predicted octanol–water partition coefficient (Wildman–Crippen LogP) is 4.00. The summed E-state index contributed by atoms with van der Waals surface area (Å²) in [5, 5.41) is 0. The molecule has 16 heteroatoms. The smallest absolute Gasteiger partial charge is 0.254 e. The van der Waals surface area contributed by atoms with Gasteiger partial charge in [-0.3, -0.25) is 9.59 Å². The molecule has 23 heavy (non-hydrogen) atoms. The molecule has 0 spiro atoms. The van der Waals surface area contributed by atoms with Crippen LogP contribution in [-0.4, -0.2) is 42.2 Å². The lowest BCUT2D eigenvalue weighted by molar-refractivity contribution is -0.345. The minimum absolute atomic E-state index is 3.69. The maximum atomic E-state index is 11.6. The van der Waals surface area contributed by atoms with E-state index in [0.717, 1.165) is 0 Å². The molecule has 0 rings (SSSR count). The molecule has 0 bridgehead atoms. The Balaban J connectivity index is 0. The van der Waals surface area contributed by atoms with Crippen molar-refractivity contribution in [3.63, 3.8) is 0 Å². The Morgan fingerprint density at radius 1 is 0.478 bits per heavy atom. The van der Waals surface area contributed by atoms with E-state index in [-0.39, 0.29) is 0 Å². The summed E-state index contributed by atoms with van der Waals surface area (Å²) in [6.45, 7) is 0. The first-order valence-electron chi connectivity index (χ1n) is 4.30. The van der Waals surface area contributed by atoms with Crippen LogP contribution in [0.25, 0.3) is 0 Å². The average Bonchev–Trinajstić information content (AvgIpc) is 2.25. The number of carbonyl (C=O) groups excluding carboxylic acids is 2. The van der Waals surface area contributed by atoms with Gasteiger partial charge in [0.05, 0.1) is 0 Å². The van der Waals surface area contributed by atoms with Crippen molar-refractivity contribution in [3.8, 4) is 0 Å². The van der Waals surface area contributed by atoms with Crippen molar-refractivity contribution in [3.05, 3.63) is 0 Å². The third-order valence-corrected chi connectivity index (χ3v) is 1.60. The first kappa shape index (κ1) is 23.6. The Hall–Kier alpha value is -1.64. The molecule has 0 N–H and O–H groups in total. The zero-order valence-corrected chi connectivity index (χ0v) is 9.61. The third-order valence-electron chi connectivity index (χ3n) is 1.60. The van der Waals surface area contributed by atoms with Crippen LogP contribution in [0.4, 0.5) is 61.5 Å². The number of hydrogen-bond acceptors (Lipinski definition) is 2. The monoisotopic (exact) mass is 382 g/mol. The number of carbonyl (C=O) groups is 2. The average molecular weight is 382 g/mol. The molecule has 0 radical (unpaired) electrons. The van der Waals surface area contributed by atoms with Gasteiger partial charge in [-0.1, -0.05) is 0 Å². The van der Waals surface area contributed by atoms with Crippen LogP contribution in [0.1, 0.15) is 0 Å². The Bertz CT molecular complexity index is 443. The van der Waals surface area contributed by atoms with Crippen molar-refractivity contribution >= 4 is 12.1 Å². The van der Waals surface area contributed by atoms with Gasteiger partial charge in [-0.2, -0.15) is 61.5 Å². The molecule has 0 aliphatic heterocycles. The normalized spacial score (nSPS) is 14.0. The molecule has 2 nitrogen and oxygen atoms in total. The van der Waals surface area contributed by atoms with E-state index in [1.54, 1.807) is 0 Å². The van der Waals surface area contributed by atoms with Crippen molar-refractivity contribution in [2.45, 2.75) is 30.1 Å². The van der Waals surface area contributed by atoms with Gasteiger partial charge in [0, 0.05) is 0 Å². The molecular weight excluding hydrogens is 382 g/mol. The standard InChI is InChI=1S/C4F8O.C3F6O/c5-1(13)2(6,7)3(8,9)4(10,11)12;4-1(10)2(5,6)3(7,8)9. The van der Waals surface area contributed by atoms with Crippen LogP contribution in [0.5, 0.6) is 0 Å². The summed E-state index contributed by atoms with van der Waals surface area (Å²) < 4.78 is 157. The molecule has 0 amide bonds. The van der Waals surface area contributed by atoms with Gasteiger partial charge in [0.2, 0.25) is 0 Å². The quantitative estimate of drug-likeness (QED) is 0.547. The number of rotatable bonds is 3. The van der Waals surface area contributed by atoms with E-state index < -0.39 is 42.2 Å². The molecule has 0 aliphatic rings. The van der Waals surface area contributed by atoms with E-state index in [1.165, 1.54) is 0 Å². The molecule has 0 aliphatic carbocycles. The molecule has 0 aromatic heterocycles. The maximum Gasteiger partial charge on any atom is 0.464 e. The van der Waals surface area contributed by atoms with Gasteiger partial charge in [0.1, 0.15) is 0 Å². The fraction of sp³-hybridized carbons (Fsp3) is 0.714. The van der Waals surface area contributed by atoms with E-state index in [1.807, 2.05) is 0 Å². The van der Waals surface area contributed by atoms with Crippen LogP contribution in [0.3, 0.4) is 0 Å². The van der Waals surface area contributed by atoms with Crippen LogP contribution in [0.15, 0.2) is 0 Å². The summed E-state index contributed by atoms with van der Waals surface area (Å²) in [7, 11) is 0. The topological polar surface area (TPSA) is 34.1 Å². The van der Waals surface area contributed by atoms with Gasteiger partial charge in [-0.25, -0.2) is 0 Å². The summed E-state index contributed by atoms with van der Waals surface area (Å²) in [6, 6.07) is -7.73. The molecule has 0 saturated heterocycles. The van der Waals surface area contributed by atoms with Crippen LogP contribution in [0.2, 0.25) is 0 Å². The van der Waals surface area contributed by atoms with Crippen molar-refractivity contribution < 1.29 is 71.1 Å². The largest absolute Gasteiger partial charge is 0.464 e. The zero-order chi connectivity index (χ0) is 19.7. The van der Waals surface area contributed by atoms with Crippen molar-refractivity contribution in [2.24, 2.45) is 0 Å². The molecule has 0 aromatic carbocycles. The van der Waals surface area contributed by atoms with Crippen molar-refractivity contribution in [1.82, 2.24) is 0 Å². The van der Waals surface area contributed by atoms with Crippen LogP contribution < -0.4 is 0 Å². The van der Waals surface area contributed by atoms with Gasteiger partial charge >= 0.3 is 42.2 Å². The first-order chi connectivity index (χ1) is 9.64. The molecule has 138 valence electrons. The second-order valence-corrected chi connectivity index (χ2v) is 3.27. The Morgan fingerprint density at radius 2 is 0.739 bits per heavy atom. The molecule has 0 aromatic rings. The van der Waals surface area contributed by atoms with Crippen molar-refractivity contribution in [1.29, 1.82) is 0 Å². The number of hydrogen-bond donors (Lipinski definition) is 0. The fourth-order valence-electron chi connectivity index (χ4n) is 0.413. The van der Waals surface area contributed by atoms with E-state index in [0.29, 0.717) is 0 Å². The number of halogens is 14. The second kappa shape index (κ2) is 6.46. The molecular formula is C7F14O2. The predicted molar refractivity (Wildman–Crippen MR) is 39.2 cm³/mol. The highest BCUT2D eigenvalue weighted by atomic mass is 19.4. The Morgan fingerprint density at radius 3 is 0.783 bits per heavy atom. The van der Waals surface area contributed by atoms with Gasteiger partial charge < -0.3 is 0 Å². The zero-order valence-electron chi connectivity index (χ0n) is 9.61. The molecule has 0 atom stereocenters. The lowest BCUT2D eigenvalue weighted by Gasteiger charge is -2.24. The summed E-state index contributed by atoms with van der Waals surface area (Å²) in [4.78, 5) is 18.1. The van der Waals surface area contributed by atoms with E-state index in [4.69, 9.17) is 9.59 Å². The first-order valence-corrected chi connectivity index (χ1v) is 4.30. The van der Waals surface area contributed by atoms with Crippen LogP contribution in [0, 0.1) is 0 Å². The summed E-state index contributed by atoms with van der Waals surface area (Å²) in [5.41, 5.74) is 0. The Labute approximate surface area is 115 Å². The van der Waals surface area contributed by atoms with E-state index >= 15 is 0 Å². The highest BCUT2D eigenvalue weighted by molar-refractivity contribution is 5.78. The summed E-state index contributed by atoms with van der Waals surface area (Å²) in [5.74, 6) is -19.0. The summed E-state index contributed by atoms with van der Waals surface area (Å²) >= 11 is 0. The lowest BCUT2D eigenvalue weighted by atomic mass is 10.2. The Kier molecular flexibility index (Phi) is 6.64.